The highest BCUT2D eigenvalue weighted by atomic mass is 16.3. The Hall–Kier alpha value is -1.65. The predicted molar refractivity (Wildman–Crippen MR) is 87.5 cm³/mol. The molecule has 1 rings (SSSR count). The van der Waals surface area contributed by atoms with Crippen LogP contribution in [0, 0.1) is 0 Å². The van der Waals surface area contributed by atoms with E-state index in [0.29, 0.717) is 13.1 Å². The lowest BCUT2D eigenvalue weighted by Gasteiger charge is -2.20. The standard InChI is InChI=1S/C17H26N2O2/c1-5-10-19(11-12-20)13-16(21)18-15-8-6-14(7-9-15)17(2,3)4/h5-9,20H,1,10-13H2,2-4H3,(H,18,21). The molecule has 0 heterocycles. The maximum absolute atomic E-state index is 12.0. The zero-order chi connectivity index (χ0) is 15.9. The van der Waals surface area contributed by atoms with Crippen molar-refractivity contribution in [2.45, 2.75) is 26.2 Å². The molecule has 0 radical (unpaired) electrons. The van der Waals surface area contributed by atoms with E-state index in [4.69, 9.17) is 5.11 Å². The van der Waals surface area contributed by atoms with Crippen molar-refractivity contribution in [1.29, 1.82) is 0 Å². The smallest absolute Gasteiger partial charge is 0.238 e. The molecule has 1 aromatic rings. The highest BCUT2D eigenvalue weighted by Crippen LogP contribution is 2.23. The SMILES string of the molecule is C=CCN(CCO)CC(=O)Nc1ccc(C(C)(C)C)cc1. The summed E-state index contributed by atoms with van der Waals surface area (Å²) in [6.07, 6.45) is 1.72. The Morgan fingerprint density at radius 1 is 1.33 bits per heavy atom. The third-order valence-corrected chi connectivity index (χ3v) is 3.21. The van der Waals surface area contributed by atoms with E-state index in [1.54, 1.807) is 6.08 Å². The number of amides is 1. The molecule has 0 aliphatic carbocycles. The summed E-state index contributed by atoms with van der Waals surface area (Å²) in [7, 11) is 0. The van der Waals surface area contributed by atoms with E-state index in [1.807, 2.05) is 29.2 Å². The van der Waals surface area contributed by atoms with Gasteiger partial charge in [0.05, 0.1) is 13.2 Å². The van der Waals surface area contributed by atoms with Crippen LogP contribution in [0.2, 0.25) is 0 Å². The number of hydrogen-bond acceptors (Lipinski definition) is 3. The second kappa shape index (κ2) is 7.96. The van der Waals surface area contributed by atoms with Gasteiger partial charge in [0.15, 0.2) is 0 Å². The Kier molecular flexibility index (Phi) is 6.59. The highest BCUT2D eigenvalue weighted by Gasteiger charge is 2.13. The number of nitrogens with zero attached hydrogens (tertiary/aromatic N) is 1. The molecule has 0 spiro atoms. The summed E-state index contributed by atoms with van der Waals surface area (Å²) in [4.78, 5) is 13.8. The van der Waals surface area contributed by atoms with Gasteiger partial charge in [0, 0.05) is 18.8 Å². The second-order valence-corrected chi connectivity index (χ2v) is 6.12. The Morgan fingerprint density at radius 2 is 1.95 bits per heavy atom. The largest absolute Gasteiger partial charge is 0.395 e. The number of benzene rings is 1. The van der Waals surface area contributed by atoms with Gasteiger partial charge >= 0.3 is 0 Å². The molecule has 2 N–H and O–H groups in total. The van der Waals surface area contributed by atoms with Crippen molar-refractivity contribution in [3.8, 4) is 0 Å². The first-order valence-corrected chi connectivity index (χ1v) is 7.21. The van der Waals surface area contributed by atoms with E-state index < -0.39 is 0 Å². The van der Waals surface area contributed by atoms with Crippen molar-refractivity contribution in [2.75, 3.05) is 31.6 Å². The molecule has 0 saturated carbocycles. The lowest BCUT2D eigenvalue weighted by Crippen LogP contribution is -2.35. The van der Waals surface area contributed by atoms with Crippen LogP contribution < -0.4 is 5.32 Å². The van der Waals surface area contributed by atoms with Crippen molar-refractivity contribution in [1.82, 2.24) is 4.90 Å². The van der Waals surface area contributed by atoms with E-state index in [2.05, 4.69) is 32.7 Å². The van der Waals surface area contributed by atoms with Crippen molar-refractivity contribution in [2.24, 2.45) is 0 Å². The van der Waals surface area contributed by atoms with E-state index in [0.717, 1.165) is 5.69 Å². The molecule has 1 amide bonds. The minimum atomic E-state index is -0.0891. The lowest BCUT2D eigenvalue weighted by molar-refractivity contribution is -0.117. The maximum Gasteiger partial charge on any atom is 0.238 e. The molecule has 0 aromatic heterocycles. The first kappa shape index (κ1) is 17.4. The quantitative estimate of drug-likeness (QED) is 0.758. The molecule has 1 aromatic carbocycles. The van der Waals surface area contributed by atoms with Crippen LogP contribution in [-0.2, 0) is 10.2 Å². The molecule has 0 bridgehead atoms. The molecule has 0 aliphatic heterocycles. The van der Waals surface area contributed by atoms with Gasteiger partial charge in [0.25, 0.3) is 0 Å². The summed E-state index contributed by atoms with van der Waals surface area (Å²) >= 11 is 0. The van der Waals surface area contributed by atoms with Crippen LogP contribution in [0.1, 0.15) is 26.3 Å². The van der Waals surface area contributed by atoms with E-state index in [9.17, 15) is 4.79 Å². The molecule has 4 heteroatoms. The van der Waals surface area contributed by atoms with Gasteiger partial charge in [-0.2, -0.15) is 0 Å². The van der Waals surface area contributed by atoms with Crippen molar-refractivity contribution < 1.29 is 9.90 Å². The van der Waals surface area contributed by atoms with Crippen molar-refractivity contribution >= 4 is 11.6 Å². The second-order valence-electron chi connectivity index (χ2n) is 6.12. The fourth-order valence-electron chi connectivity index (χ4n) is 2.02. The van der Waals surface area contributed by atoms with Gasteiger partial charge in [0.2, 0.25) is 5.91 Å². The zero-order valence-electron chi connectivity index (χ0n) is 13.2. The van der Waals surface area contributed by atoms with Gasteiger partial charge < -0.3 is 10.4 Å². The minimum absolute atomic E-state index is 0.0292. The Balaban J connectivity index is 2.60. The van der Waals surface area contributed by atoms with E-state index in [1.165, 1.54) is 5.56 Å². The van der Waals surface area contributed by atoms with Crippen LogP contribution in [0.5, 0.6) is 0 Å². The summed E-state index contributed by atoms with van der Waals surface area (Å²) < 4.78 is 0. The van der Waals surface area contributed by atoms with Gasteiger partial charge in [-0.1, -0.05) is 39.0 Å². The van der Waals surface area contributed by atoms with Crippen LogP contribution in [0.15, 0.2) is 36.9 Å². The lowest BCUT2D eigenvalue weighted by atomic mass is 9.87. The molecule has 21 heavy (non-hydrogen) atoms. The molecular formula is C17H26N2O2. The number of anilines is 1. The average Bonchev–Trinajstić information content (AvgIpc) is 2.38. The zero-order valence-corrected chi connectivity index (χ0v) is 13.2. The van der Waals surface area contributed by atoms with Gasteiger partial charge in [-0.3, -0.25) is 9.69 Å². The van der Waals surface area contributed by atoms with Crippen LogP contribution in [0.4, 0.5) is 5.69 Å². The molecule has 0 unspecified atom stereocenters. The Bertz CT molecular complexity index is 461. The molecule has 116 valence electrons. The fraction of sp³-hybridized carbons (Fsp3) is 0.471. The molecule has 0 atom stereocenters. The minimum Gasteiger partial charge on any atom is -0.395 e. The fourth-order valence-corrected chi connectivity index (χ4v) is 2.02. The topological polar surface area (TPSA) is 52.6 Å². The van der Waals surface area contributed by atoms with E-state index >= 15 is 0 Å². The molecule has 0 aliphatic rings. The summed E-state index contributed by atoms with van der Waals surface area (Å²) in [5.41, 5.74) is 2.12. The van der Waals surface area contributed by atoms with E-state index in [-0.39, 0.29) is 24.5 Å². The normalized spacial score (nSPS) is 11.5. The maximum atomic E-state index is 12.0. The summed E-state index contributed by atoms with van der Waals surface area (Å²) in [6.45, 7) is 11.4. The summed E-state index contributed by atoms with van der Waals surface area (Å²) in [5.74, 6) is -0.0891. The monoisotopic (exact) mass is 290 g/mol. The highest BCUT2D eigenvalue weighted by molar-refractivity contribution is 5.92. The number of rotatable bonds is 7. The Morgan fingerprint density at radius 3 is 2.43 bits per heavy atom. The summed E-state index contributed by atoms with van der Waals surface area (Å²) in [6, 6.07) is 7.90. The third-order valence-electron chi connectivity index (χ3n) is 3.21. The molecule has 0 saturated heterocycles. The number of nitrogens with one attached hydrogen (secondary N) is 1. The number of hydrogen-bond donors (Lipinski definition) is 2. The van der Waals surface area contributed by atoms with Gasteiger partial charge in [-0.15, -0.1) is 6.58 Å². The average molecular weight is 290 g/mol. The van der Waals surface area contributed by atoms with Crippen LogP contribution in [0.3, 0.4) is 0 Å². The van der Waals surface area contributed by atoms with Gasteiger partial charge in [-0.25, -0.2) is 0 Å². The van der Waals surface area contributed by atoms with Crippen LogP contribution >= 0.6 is 0 Å². The third kappa shape index (κ3) is 6.10. The first-order chi connectivity index (χ1) is 9.86. The summed E-state index contributed by atoms with van der Waals surface area (Å²) in [5, 5.41) is 11.8. The van der Waals surface area contributed by atoms with Crippen LogP contribution in [-0.4, -0.2) is 42.2 Å². The first-order valence-electron chi connectivity index (χ1n) is 7.21. The molecular weight excluding hydrogens is 264 g/mol. The number of aliphatic hydroxyl groups excluding tert-OH is 1. The Labute approximate surface area is 127 Å². The number of carbonyl (C=O) groups is 1. The number of carbonyl (C=O) groups excluding carboxylic acids is 1. The van der Waals surface area contributed by atoms with Gasteiger partial charge in [-0.05, 0) is 23.1 Å². The van der Waals surface area contributed by atoms with Crippen molar-refractivity contribution in [3.63, 3.8) is 0 Å². The van der Waals surface area contributed by atoms with Crippen molar-refractivity contribution in [3.05, 3.63) is 42.5 Å². The molecule has 4 nitrogen and oxygen atoms in total. The van der Waals surface area contributed by atoms with Gasteiger partial charge in [0.1, 0.15) is 0 Å². The van der Waals surface area contributed by atoms with Crippen LogP contribution in [0.25, 0.3) is 0 Å². The predicted octanol–water partition coefficient (Wildman–Crippen LogP) is 2.40. The number of aliphatic hydroxyl groups is 1. The molecule has 0 fully saturated rings.